The lowest BCUT2D eigenvalue weighted by Crippen LogP contribution is -2.50. The van der Waals surface area contributed by atoms with Gasteiger partial charge in [-0.25, -0.2) is 4.79 Å². The van der Waals surface area contributed by atoms with Gasteiger partial charge in [-0.2, -0.15) is 0 Å². The predicted molar refractivity (Wildman–Crippen MR) is 215 cm³/mol. The maximum absolute atomic E-state index is 14.3. The quantitative estimate of drug-likeness (QED) is 0.0728. The van der Waals surface area contributed by atoms with E-state index in [1.54, 1.807) is 31.3 Å². The minimum atomic E-state index is -0.724. The molecular formula is C45H58N2O9. The number of nitrogens with zero attached hydrogens (tertiary/aromatic N) is 1. The van der Waals surface area contributed by atoms with Gasteiger partial charge in [0.2, 0.25) is 5.91 Å². The van der Waals surface area contributed by atoms with Gasteiger partial charge < -0.3 is 38.6 Å². The Morgan fingerprint density at radius 1 is 0.911 bits per heavy atom. The van der Waals surface area contributed by atoms with Crippen LogP contribution in [0.15, 0.2) is 54.6 Å². The highest BCUT2D eigenvalue weighted by Crippen LogP contribution is 2.37. The highest BCUT2D eigenvalue weighted by molar-refractivity contribution is 5.89. The van der Waals surface area contributed by atoms with Gasteiger partial charge in [-0.3, -0.25) is 9.59 Å². The summed E-state index contributed by atoms with van der Waals surface area (Å²) in [5.41, 5.74) is 5.95. The van der Waals surface area contributed by atoms with Crippen molar-refractivity contribution in [2.75, 3.05) is 60.3 Å². The van der Waals surface area contributed by atoms with Gasteiger partial charge in [0.15, 0.2) is 18.1 Å². The van der Waals surface area contributed by atoms with E-state index < -0.39 is 24.0 Å². The number of hydrogen-bond donors (Lipinski definition) is 1. The van der Waals surface area contributed by atoms with Gasteiger partial charge in [0.1, 0.15) is 24.5 Å². The second kappa shape index (κ2) is 22.5. The smallest absolute Gasteiger partial charge is 0.329 e. The summed E-state index contributed by atoms with van der Waals surface area (Å²) >= 11 is 0. The summed E-state index contributed by atoms with van der Waals surface area (Å²) in [6, 6.07) is 16.7. The third kappa shape index (κ3) is 12.5. The van der Waals surface area contributed by atoms with E-state index in [1.807, 2.05) is 38.1 Å². The molecule has 0 aromatic heterocycles. The number of carbonyl (C=O) groups is 3. The summed E-state index contributed by atoms with van der Waals surface area (Å²) in [7, 11) is 3.17. The van der Waals surface area contributed by atoms with Crippen LogP contribution in [-0.2, 0) is 35.0 Å². The van der Waals surface area contributed by atoms with E-state index in [-0.39, 0.29) is 25.0 Å². The zero-order chi connectivity index (χ0) is 40.5. The molecule has 3 atom stereocenters. The first-order chi connectivity index (χ1) is 27.1. The van der Waals surface area contributed by atoms with Gasteiger partial charge in [-0.1, -0.05) is 49.2 Å². The molecule has 0 radical (unpaired) electrons. The minimum absolute atomic E-state index is 0.109. The molecule has 1 fully saturated rings. The fourth-order valence-corrected chi connectivity index (χ4v) is 6.96. The number of methoxy groups -OCH3 is 2. The number of hydrogen-bond acceptors (Lipinski definition) is 9. The number of terminal acetylenes is 1. The highest BCUT2D eigenvalue weighted by atomic mass is 16.5. The van der Waals surface area contributed by atoms with E-state index in [4.69, 9.17) is 34.8 Å². The molecule has 1 unspecified atom stereocenters. The van der Waals surface area contributed by atoms with Crippen molar-refractivity contribution < 1.29 is 42.8 Å². The number of nitrogens with one attached hydrogen (secondary N) is 1. The SMILES string of the molecule is C#CCOCCOCCNC(=O)COc1cccc([C@@H](CCc2ccc(C)c(C)c2)OC(=O)[C@@H]2CCCCN2C(=O)C(CC)c2cc(C)c(OC)c(OC)c2)c1. The molecule has 11 nitrogen and oxygen atoms in total. The normalized spacial score (nSPS) is 14.9. The predicted octanol–water partition coefficient (Wildman–Crippen LogP) is 6.58. The van der Waals surface area contributed by atoms with Crippen LogP contribution in [0.4, 0.5) is 0 Å². The molecule has 1 N–H and O–H groups in total. The molecule has 1 heterocycles. The molecule has 0 saturated carbocycles. The van der Waals surface area contributed by atoms with Crippen LogP contribution in [0.25, 0.3) is 0 Å². The molecule has 4 rings (SSSR count). The Morgan fingerprint density at radius 2 is 1.71 bits per heavy atom. The standard InChI is InChI=1S/C45H58N2O9/c1-8-22-53-24-25-54-23-20-46-42(48)30-55-37-14-12-13-35(28-37)40(19-18-34-17-16-31(3)32(4)26-34)56-45(50)39-15-10-11-21-47(39)44(49)38(9-2)36-27-33(5)43(52-7)41(29-36)51-6/h1,12-14,16-17,26-29,38-40H,9-11,15,18-25,30H2,2-7H3,(H,46,48)/t38?,39-,40+/m0/s1. The Hall–Kier alpha value is -5.05. The number of benzene rings is 3. The fourth-order valence-electron chi connectivity index (χ4n) is 6.96. The number of esters is 1. The van der Waals surface area contributed by atoms with E-state index in [1.165, 1.54) is 11.1 Å². The van der Waals surface area contributed by atoms with Crippen LogP contribution < -0.4 is 19.5 Å². The lowest BCUT2D eigenvalue weighted by atomic mass is 9.91. The van der Waals surface area contributed by atoms with Crippen molar-refractivity contribution in [1.29, 1.82) is 0 Å². The van der Waals surface area contributed by atoms with Crippen LogP contribution in [0.1, 0.15) is 84.4 Å². The summed E-state index contributed by atoms with van der Waals surface area (Å²) in [5.74, 6) is 2.74. The molecule has 0 bridgehead atoms. The van der Waals surface area contributed by atoms with E-state index >= 15 is 0 Å². The molecule has 302 valence electrons. The lowest BCUT2D eigenvalue weighted by Gasteiger charge is -2.37. The molecule has 1 aliphatic rings. The molecule has 2 amide bonds. The topological polar surface area (TPSA) is 122 Å². The zero-order valence-electron chi connectivity index (χ0n) is 33.8. The Kier molecular flexibility index (Phi) is 17.5. The molecule has 11 heteroatoms. The van der Waals surface area contributed by atoms with E-state index in [2.05, 4.69) is 43.3 Å². The Bertz CT molecular complexity index is 1800. The first-order valence-corrected chi connectivity index (χ1v) is 19.5. The molecule has 0 aliphatic carbocycles. The number of ether oxygens (including phenoxy) is 6. The third-order valence-corrected chi connectivity index (χ3v) is 10.1. The molecule has 1 saturated heterocycles. The van der Waals surface area contributed by atoms with E-state index in [9.17, 15) is 14.4 Å². The summed E-state index contributed by atoms with van der Waals surface area (Å²) < 4.78 is 34.0. The van der Waals surface area contributed by atoms with Gasteiger partial charge in [0, 0.05) is 13.1 Å². The number of rotatable bonds is 21. The highest BCUT2D eigenvalue weighted by Gasteiger charge is 2.38. The fraction of sp³-hybridized carbons (Fsp3) is 0.489. The van der Waals surface area contributed by atoms with Gasteiger partial charge >= 0.3 is 5.97 Å². The zero-order valence-corrected chi connectivity index (χ0v) is 33.8. The van der Waals surface area contributed by atoms with Crippen LogP contribution in [0.5, 0.6) is 17.2 Å². The number of amides is 2. The maximum atomic E-state index is 14.3. The Balaban J connectivity index is 1.48. The summed E-state index contributed by atoms with van der Waals surface area (Å²) in [5, 5.41) is 2.78. The van der Waals surface area contributed by atoms with Crippen LogP contribution in [0.3, 0.4) is 0 Å². The van der Waals surface area contributed by atoms with Gasteiger partial charge in [-0.15, -0.1) is 6.42 Å². The molecule has 56 heavy (non-hydrogen) atoms. The summed E-state index contributed by atoms with van der Waals surface area (Å²) in [6.45, 7) is 9.98. The van der Waals surface area contributed by atoms with Crippen LogP contribution in [0, 0.1) is 33.1 Å². The number of likely N-dealkylation sites (tertiary alicyclic amines) is 1. The van der Waals surface area contributed by atoms with Crippen molar-refractivity contribution in [3.8, 4) is 29.6 Å². The maximum Gasteiger partial charge on any atom is 0.329 e. The second-order valence-corrected chi connectivity index (χ2v) is 14.0. The van der Waals surface area contributed by atoms with Crippen molar-refractivity contribution >= 4 is 17.8 Å². The summed E-state index contributed by atoms with van der Waals surface area (Å²) in [4.78, 5) is 42.8. The number of carbonyl (C=O) groups excluding carboxylic acids is 3. The van der Waals surface area contributed by atoms with Crippen molar-refractivity contribution in [2.45, 2.75) is 84.3 Å². The average molecular weight is 771 g/mol. The van der Waals surface area contributed by atoms with E-state index in [0.29, 0.717) is 75.8 Å². The molecule has 3 aromatic rings. The first kappa shape index (κ1) is 43.7. The molecule has 0 spiro atoms. The van der Waals surface area contributed by atoms with Crippen molar-refractivity contribution in [2.24, 2.45) is 0 Å². The summed E-state index contributed by atoms with van der Waals surface area (Å²) in [6.07, 6.45) is 8.37. The molecule has 3 aromatic carbocycles. The Labute approximate surface area is 332 Å². The average Bonchev–Trinajstić information content (AvgIpc) is 3.20. The lowest BCUT2D eigenvalue weighted by molar-refractivity contribution is -0.162. The number of piperidine rings is 1. The van der Waals surface area contributed by atoms with Crippen molar-refractivity contribution in [3.63, 3.8) is 0 Å². The molecule has 1 aliphatic heterocycles. The van der Waals surface area contributed by atoms with Crippen LogP contribution >= 0.6 is 0 Å². The van der Waals surface area contributed by atoms with E-state index in [0.717, 1.165) is 35.1 Å². The first-order valence-electron chi connectivity index (χ1n) is 19.5. The largest absolute Gasteiger partial charge is 0.493 e. The monoisotopic (exact) mass is 770 g/mol. The van der Waals surface area contributed by atoms with Gasteiger partial charge in [0.25, 0.3) is 5.91 Å². The van der Waals surface area contributed by atoms with Crippen LogP contribution in [-0.4, -0.2) is 89.1 Å². The molecular weight excluding hydrogens is 712 g/mol. The number of aryl methyl sites for hydroxylation is 4. The van der Waals surface area contributed by atoms with Crippen molar-refractivity contribution in [1.82, 2.24) is 10.2 Å². The van der Waals surface area contributed by atoms with Gasteiger partial charge in [-0.05, 0) is 111 Å². The minimum Gasteiger partial charge on any atom is -0.493 e. The van der Waals surface area contributed by atoms with Crippen LogP contribution in [0.2, 0.25) is 0 Å². The van der Waals surface area contributed by atoms with Crippen molar-refractivity contribution in [3.05, 3.63) is 88.0 Å². The Morgan fingerprint density at radius 3 is 2.45 bits per heavy atom. The third-order valence-electron chi connectivity index (χ3n) is 10.1. The second-order valence-electron chi connectivity index (χ2n) is 14.0. The van der Waals surface area contributed by atoms with Gasteiger partial charge in [0.05, 0.1) is 40.0 Å².